The van der Waals surface area contributed by atoms with E-state index < -0.39 is 0 Å². The molecule has 1 aliphatic rings. The zero-order valence-corrected chi connectivity index (χ0v) is 12.4. The molecule has 0 radical (unpaired) electrons. The lowest BCUT2D eigenvalue weighted by atomic mass is 9.84. The third-order valence-corrected chi connectivity index (χ3v) is 4.86. The van der Waals surface area contributed by atoms with E-state index in [0.717, 1.165) is 18.9 Å². The molecule has 1 N–H and O–H groups in total. The van der Waals surface area contributed by atoms with Crippen molar-refractivity contribution in [1.29, 1.82) is 0 Å². The minimum Gasteiger partial charge on any atom is -0.309 e. The highest BCUT2D eigenvalue weighted by molar-refractivity contribution is 7.05. The van der Waals surface area contributed by atoms with Crippen molar-refractivity contribution in [2.45, 2.75) is 64.8 Å². The fraction of sp³-hybridized carbons (Fsp3) is 0.857. The molecule has 4 heteroatoms. The average molecular weight is 267 g/mol. The minimum atomic E-state index is 0.480. The lowest BCUT2D eigenvalue weighted by Crippen LogP contribution is -2.24. The molecule has 3 nitrogen and oxygen atoms in total. The smallest absolute Gasteiger partial charge is 0.0800 e. The van der Waals surface area contributed by atoms with E-state index in [1.807, 2.05) is 0 Å². The van der Waals surface area contributed by atoms with Gasteiger partial charge < -0.3 is 5.32 Å². The Bertz CT molecular complexity index is 345. The molecule has 0 aliphatic heterocycles. The SMILES string of the molecule is CCNC(CC1CCCCC1)c1snnc1CC. The van der Waals surface area contributed by atoms with Crippen LogP contribution in [0.25, 0.3) is 0 Å². The number of hydrogen-bond acceptors (Lipinski definition) is 4. The largest absolute Gasteiger partial charge is 0.309 e. The van der Waals surface area contributed by atoms with Crippen molar-refractivity contribution in [3.8, 4) is 0 Å². The molecule has 1 aromatic rings. The lowest BCUT2D eigenvalue weighted by molar-refractivity contribution is 0.302. The second-order valence-electron chi connectivity index (χ2n) is 5.29. The van der Waals surface area contributed by atoms with Gasteiger partial charge in [0.2, 0.25) is 0 Å². The Balaban J connectivity index is 2.02. The Hall–Kier alpha value is -0.480. The summed E-state index contributed by atoms with van der Waals surface area (Å²) in [6, 6.07) is 0.480. The third kappa shape index (κ3) is 3.51. The van der Waals surface area contributed by atoms with Gasteiger partial charge in [0.15, 0.2) is 0 Å². The summed E-state index contributed by atoms with van der Waals surface area (Å²) >= 11 is 1.59. The topological polar surface area (TPSA) is 37.8 Å². The molecule has 1 atom stereocenters. The molecule has 1 unspecified atom stereocenters. The standard InChI is InChI=1S/C14H25N3S/c1-3-12-14(18-17-16-12)13(15-4-2)10-11-8-6-5-7-9-11/h11,13,15H,3-10H2,1-2H3. The van der Waals surface area contributed by atoms with Crippen LogP contribution in [-0.2, 0) is 6.42 Å². The summed E-state index contributed by atoms with van der Waals surface area (Å²) in [5, 5.41) is 7.90. The first-order valence-electron chi connectivity index (χ1n) is 7.39. The summed E-state index contributed by atoms with van der Waals surface area (Å²) < 4.78 is 4.14. The van der Waals surface area contributed by atoms with Crippen molar-refractivity contribution in [2.24, 2.45) is 5.92 Å². The van der Waals surface area contributed by atoms with Crippen molar-refractivity contribution in [3.05, 3.63) is 10.6 Å². The first kappa shape index (κ1) is 13.9. The zero-order chi connectivity index (χ0) is 12.8. The molecule has 1 fully saturated rings. The van der Waals surface area contributed by atoms with Crippen LogP contribution >= 0.6 is 11.5 Å². The molecular weight excluding hydrogens is 242 g/mol. The van der Waals surface area contributed by atoms with Crippen LogP contribution in [-0.4, -0.2) is 16.1 Å². The molecule has 102 valence electrons. The van der Waals surface area contributed by atoms with Gasteiger partial charge in [0.05, 0.1) is 10.6 Å². The maximum atomic E-state index is 4.26. The highest BCUT2D eigenvalue weighted by Crippen LogP contribution is 2.33. The summed E-state index contributed by atoms with van der Waals surface area (Å²) in [7, 11) is 0. The monoisotopic (exact) mass is 267 g/mol. The first-order valence-corrected chi connectivity index (χ1v) is 8.17. The summed E-state index contributed by atoms with van der Waals surface area (Å²) in [6.07, 6.45) is 9.37. The van der Waals surface area contributed by atoms with E-state index in [2.05, 4.69) is 28.8 Å². The maximum absolute atomic E-state index is 4.26. The highest BCUT2D eigenvalue weighted by atomic mass is 32.1. The molecule has 0 aromatic carbocycles. The molecular formula is C14H25N3S. The van der Waals surface area contributed by atoms with Crippen LogP contribution in [0.15, 0.2) is 0 Å². The number of rotatable bonds is 6. The van der Waals surface area contributed by atoms with E-state index in [0.29, 0.717) is 6.04 Å². The molecule has 0 spiro atoms. The van der Waals surface area contributed by atoms with Gasteiger partial charge in [-0.1, -0.05) is 50.4 Å². The second kappa shape index (κ2) is 7.19. The molecule has 2 rings (SSSR count). The Kier molecular flexibility index (Phi) is 5.57. The van der Waals surface area contributed by atoms with Gasteiger partial charge in [-0.05, 0) is 36.8 Å². The van der Waals surface area contributed by atoms with Gasteiger partial charge in [-0.15, -0.1) is 5.10 Å². The third-order valence-electron chi connectivity index (χ3n) is 3.98. The van der Waals surface area contributed by atoms with Crippen LogP contribution in [0.4, 0.5) is 0 Å². The molecule has 0 bridgehead atoms. The van der Waals surface area contributed by atoms with Gasteiger partial charge in [0.1, 0.15) is 0 Å². The van der Waals surface area contributed by atoms with Crippen molar-refractivity contribution in [2.75, 3.05) is 6.54 Å². The zero-order valence-electron chi connectivity index (χ0n) is 11.6. The van der Waals surface area contributed by atoms with Crippen LogP contribution in [0.1, 0.15) is 69.0 Å². The highest BCUT2D eigenvalue weighted by Gasteiger charge is 2.23. The predicted molar refractivity (Wildman–Crippen MR) is 76.9 cm³/mol. The summed E-state index contributed by atoms with van der Waals surface area (Å²) in [4.78, 5) is 1.38. The Morgan fingerprint density at radius 3 is 2.72 bits per heavy atom. The predicted octanol–water partition coefficient (Wildman–Crippen LogP) is 3.72. The van der Waals surface area contributed by atoms with E-state index in [4.69, 9.17) is 0 Å². The number of aryl methyl sites for hydroxylation is 1. The molecule has 1 saturated carbocycles. The van der Waals surface area contributed by atoms with E-state index in [1.54, 1.807) is 11.5 Å². The number of aromatic nitrogens is 2. The fourth-order valence-electron chi connectivity index (χ4n) is 3.01. The number of nitrogens with one attached hydrogen (secondary N) is 1. The van der Waals surface area contributed by atoms with E-state index in [9.17, 15) is 0 Å². The van der Waals surface area contributed by atoms with Gasteiger partial charge >= 0.3 is 0 Å². The average Bonchev–Trinajstić information content (AvgIpc) is 2.87. The number of nitrogens with zero attached hydrogens (tertiary/aromatic N) is 2. The van der Waals surface area contributed by atoms with Gasteiger partial charge in [-0.3, -0.25) is 0 Å². The summed E-state index contributed by atoms with van der Waals surface area (Å²) in [6.45, 7) is 5.39. The maximum Gasteiger partial charge on any atom is 0.0800 e. The molecule has 1 heterocycles. The van der Waals surface area contributed by atoms with Gasteiger partial charge in [0.25, 0.3) is 0 Å². The van der Waals surface area contributed by atoms with Crippen molar-refractivity contribution in [3.63, 3.8) is 0 Å². The lowest BCUT2D eigenvalue weighted by Gasteiger charge is -2.26. The normalized spacial score (nSPS) is 19.0. The minimum absolute atomic E-state index is 0.480. The Morgan fingerprint density at radius 1 is 1.28 bits per heavy atom. The first-order chi connectivity index (χ1) is 8.85. The van der Waals surface area contributed by atoms with Crippen molar-refractivity contribution >= 4 is 11.5 Å². The Morgan fingerprint density at radius 2 is 2.06 bits per heavy atom. The van der Waals surface area contributed by atoms with Gasteiger partial charge in [-0.25, -0.2) is 0 Å². The molecule has 1 aromatic heterocycles. The molecule has 18 heavy (non-hydrogen) atoms. The van der Waals surface area contributed by atoms with Gasteiger partial charge in [-0.2, -0.15) is 0 Å². The van der Waals surface area contributed by atoms with Crippen LogP contribution in [0.2, 0.25) is 0 Å². The van der Waals surface area contributed by atoms with E-state index in [1.165, 1.54) is 49.1 Å². The van der Waals surface area contributed by atoms with Crippen molar-refractivity contribution < 1.29 is 0 Å². The molecule has 0 saturated heterocycles. The molecule has 1 aliphatic carbocycles. The Labute approximate surface area is 115 Å². The van der Waals surface area contributed by atoms with Crippen LogP contribution in [0.5, 0.6) is 0 Å². The van der Waals surface area contributed by atoms with Crippen molar-refractivity contribution in [1.82, 2.24) is 14.9 Å². The van der Waals surface area contributed by atoms with Gasteiger partial charge in [0, 0.05) is 6.04 Å². The second-order valence-corrected chi connectivity index (χ2v) is 6.07. The van der Waals surface area contributed by atoms with Crippen LogP contribution < -0.4 is 5.32 Å². The van der Waals surface area contributed by atoms with Crippen LogP contribution in [0.3, 0.4) is 0 Å². The van der Waals surface area contributed by atoms with Crippen LogP contribution in [0, 0.1) is 5.92 Å². The summed E-state index contributed by atoms with van der Waals surface area (Å²) in [5.41, 5.74) is 1.20. The van der Waals surface area contributed by atoms with E-state index >= 15 is 0 Å². The fourth-order valence-corrected chi connectivity index (χ4v) is 3.84. The quantitative estimate of drug-likeness (QED) is 0.853. The summed E-state index contributed by atoms with van der Waals surface area (Å²) in [5.74, 6) is 0.898. The van der Waals surface area contributed by atoms with E-state index in [-0.39, 0.29) is 0 Å². The molecule has 0 amide bonds. The number of hydrogen-bond donors (Lipinski definition) is 1.